The monoisotopic (exact) mass is 223 g/mol. The summed E-state index contributed by atoms with van der Waals surface area (Å²) in [4.78, 5) is 14.6. The molecule has 1 unspecified atom stereocenters. The maximum atomic E-state index is 11.9. The highest BCUT2D eigenvalue weighted by Gasteiger charge is 2.33. The molecule has 0 amide bonds. The molecular formula is C9H13N3O2Si. The summed E-state index contributed by atoms with van der Waals surface area (Å²) in [6, 6.07) is 3.23. The summed E-state index contributed by atoms with van der Waals surface area (Å²) < 4.78 is 5.01. The highest BCUT2D eigenvalue weighted by molar-refractivity contribution is 6.81. The van der Waals surface area contributed by atoms with E-state index in [2.05, 4.69) is 10.0 Å². The second-order valence-corrected chi connectivity index (χ2v) is 9.59. The highest BCUT2D eigenvalue weighted by Crippen LogP contribution is 2.17. The SMILES string of the molecule is C[Si](C)(C)C(N=[N+]=[N-])C(=O)c1ccco1. The minimum atomic E-state index is -1.86. The lowest BCUT2D eigenvalue weighted by molar-refractivity contribution is 0.0958. The average molecular weight is 223 g/mol. The van der Waals surface area contributed by atoms with E-state index in [1.165, 1.54) is 6.26 Å². The molecule has 1 rings (SSSR count). The molecule has 0 saturated carbocycles. The van der Waals surface area contributed by atoms with Crippen molar-refractivity contribution in [3.05, 3.63) is 34.6 Å². The molecule has 1 aromatic heterocycles. The predicted octanol–water partition coefficient (Wildman–Crippen LogP) is 3.02. The molecule has 0 N–H and O–H groups in total. The van der Waals surface area contributed by atoms with Gasteiger partial charge in [0.1, 0.15) is 0 Å². The molecule has 1 aromatic rings. The van der Waals surface area contributed by atoms with Crippen LogP contribution in [0, 0.1) is 0 Å². The Morgan fingerprint density at radius 2 is 2.27 bits per heavy atom. The van der Waals surface area contributed by atoms with Gasteiger partial charge in [0, 0.05) is 4.91 Å². The van der Waals surface area contributed by atoms with E-state index >= 15 is 0 Å². The van der Waals surface area contributed by atoms with Gasteiger partial charge in [-0.15, -0.1) is 0 Å². The second kappa shape index (κ2) is 4.33. The van der Waals surface area contributed by atoms with E-state index in [0.29, 0.717) is 0 Å². The first-order chi connectivity index (χ1) is 6.96. The number of hydrogen-bond donors (Lipinski definition) is 0. The van der Waals surface area contributed by atoms with E-state index in [-0.39, 0.29) is 11.5 Å². The second-order valence-electron chi connectivity index (χ2n) is 4.32. The van der Waals surface area contributed by atoms with Crippen LogP contribution >= 0.6 is 0 Å². The number of rotatable bonds is 4. The van der Waals surface area contributed by atoms with Crippen molar-refractivity contribution < 1.29 is 9.21 Å². The van der Waals surface area contributed by atoms with Crippen molar-refractivity contribution in [2.24, 2.45) is 5.11 Å². The van der Waals surface area contributed by atoms with Crippen LogP contribution in [0.4, 0.5) is 0 Å². The van der Waals surface area contributed by atoms with Crippen LogP contribution in [0.3, 0.4) is 0 Å². The molecule has 0 saturated heterocycles. The smallest absolute Gasteiger partial charge is 0.204 e. The summed E-state index contributed by atoms with van der Waals surface area (Å²) in [5.74, 6) is 0.0341. The van der Waals surface area contributed by atoms with Crippen molar-refractivity contribution in [3.63, 3.8) is 0 Å². The number of carbonyl (C=O) groups is 1. The molecule has 80 valence electrons. The number of ketones is 1. The van der Waals surface area contributed by atoms with Gasteiger partial charge in [-0.2, -0.15) is 0 Å². The van der Waals surface area contributed by atoms with Crippen LogP contribution in [0.1, 0.15) is 10.6 Å². The fourth-order valence-electron chi connectivity index (χ4n) is 1.22. The Balaban J connectivity index is 3.01. The fourth-order valence-corrected chi connectivity index (χ4v) is 2.55. The Bertz CT molecular complexity index is 388. The number of nitrogens with zero attached hydrogens (tertiary/aromatic N) is 3. The van der Waals surface area contributed by atoms with Crippen LogP contribution in [0.2, 0.25) is 19.6 Å². The maximum absolute atomic E-state index is 11.9. The first kappa shape index (κ1) is 11.6. The van der Waals surface area contributed by atoms with Crippen LogP contribution in [0.15, 0.2) is 27.9 Å². The molecule has 5 nitrogen and oxygen atoms in total. The molecule has 0 fully saturated rings. The molecule has 0 aliphatic rings. The normalized spacial score (nSPS) is 13.0. The lowest BCUT2D eigenvalue weighted by Gasteiger charge is -2.21. The topological polar surface area (TPSA) is 79.0 Å². The number of azide groups is 1. The zero-order valence-electron chi connectivity index (χ0n) is 8.97. The van der Waals surface area contributed by atoms with Gasteiger partial charge in [-0.25, -0.2) is 0 Å². The largest absolute Gasteiger partial charge is 0.461 e. The molecule has 0 aromatic carbocycles. The minimum Gasteiger partial charge on any atom is -0.461 e. The van der Waals surface area contributed by atoms with Gasteiger partial charge in [0.15, 0.2) is 5.76 Å². The van der Waals surface area contributed by atoms with Crippen LogP contribution in [0.25, 0.3) is 10.4 Å². The van der Waals surface area contributed by atoms with Gasteiger partial charge in [-0.05, 0) is 17.7 Å². The lowest BCUT2D eigenvalue weighted by Crippen LogP contribution is -2.42. The average Bonchev–Trinajstić information content (AvgIpc) is 2.63. The standard InChI is InChI=1S/C9H13N3O2Si/c1-15(2,3)9(11-12-10)8(13)7-5-4-6-14-7/h4-6,9H,1-3H3. The van der Waals surface area contributed by atoms with Crippen molar-refractivity contribution >= 4 is 13.9 Å². The molecule has 15 heavy (non-hydrogen) atoms. The van der Waals surface area contributed by atoms with Crippen LogP contribution in [-0.2, 0) is 0 Å². The van der Waals surface area contributed by atoms with E-state index in [1.54, 1.807) is 12.1 Å². The third-order valence-electron chi connectivity index (χ3n) is 2.00. The van der Waals surface area contributed by atoms with Gasteiger partial charge in [0.2, 0.25) is 5.78 Å². The van der Waals surface area contributed by atoms with Crippen molar-refractivity contribution in [2.45, 2.75) is 25.3 Å². The highest BCUT2D eigenvalue weighted by atomic mass is 28.3. The van der Waals surface area contributed by atoms with Crippen molar-refractivity contribution in [3.8, 4) is 0 Å². The quantitative estimate of drug-likeness (QED) is 0.258. The summed E-state index contributed by atoms with van der Waals surface area (Å²) in [5, 5.41) is 3.58. The Labute approximate surface area is 88.7 Å². The summed E-state index contributed by atoms with van der Waals surface area (Å²) in [6.07, 6.45) is 1.44. The van der Waals surface area contributed by atoms with Crippen LogP contribution in [-0.4, -0.2) is 19.5 Å². The van der Waals surface area contributed by atoms with E-state index in [4.69, 9.17) is 9.95 Å². The third-order valence-corrected chi connectivity index (χ3v) is 4.02. The zero-order valence-corrected chi connectivity index (χ0v) is 9.97. The Kier molecular flexibility index (Phi) is 3.34. The molecule has 6 heteroatoms. The van der Waals surface area contributed by atoms with Gasteiger partial charge in [-0.3, -0.25) is 4.79 Å². The van der Waals surface area contributed by atoms with Gasteiger partial charge in [0.25, 0.3) is 0 Å². The number of carbonyl (C=O) groups excluding carboxylic acids is 1. The van der Waals surface area contributed by atoms with E-state index in [0.717, 1.165) is 0 Å². The van der Waals surface area contributed by atoms with Gasteiger partial charge in [0.05, 0.1) is 20.0 Å². The Morgan fingerprint density at radius 1 is 1.60 bits per heavy atom. The number of furan rings is 1. The minimum absolute atomic E-state index is 0.225. The molecule has 0 bridgehead atoms. The van der Waals surface area contributed by atoms with Crippen molar-refractivity contribution in [2.75, 3.05) is 0 Å². The molecule has 1 heterocycles. The van der Waals surface area contributed by atoms with Gasteiger partial charge < -0.3 is 4.42 Å². The molecule has 0 aliphatic heterocycles. The summed E-state index contributed by atoms with van der Waals surface area (Å²) >= 11 is 0. The first-order valence-corrected chi connectivity index (χ1v) is 8.16. The molecule has 0 aliphatic carbocycles. The molecule has 1 atom stereocenters. The van der Waals surface area contributed by atoms with Gasteiger partial charge in [-0.1, -0.05) is 24.8 Å². The summed E-state index contributed by atoms with van der Waals surface area (Å²) in [5.41, 5.74) is 7.84. The van der Waals surface area contributed by atoms with Gasteiger partial charge >= 0.3 is 0 Å². The zero-order chi connectivity index (χ0) is 11.5. The molecule has 0 radical (unpaired) electrons. The maximum Gasteiger partial charge on any atom is 0.204 e. The summed E-state index contributed by atoms with van der Waals surface area (Å²) in [6.45, 7) is 5.94. The number of hydrogen-bond acceptors (Lipinski definition) is 3. The fraction of sp³-hybridized carbons (Fsp3) is 0.444. The lowest BCUT2D eigenvalue weighted by atomic mass is 10.3. The molecule has 0 spiro atoms. The van der Waals surface area contributed by atoms with E-state index < -0.39 is 13.7 Å². The van der Waals surface area contributed by atoms with Crippen LogP contribution in [0.5, 0.6) is 0 Å². The van der Waals surface area contributed by atoms with Crippen LogP contribution < -0.4 is 0 Å². The van der Waals surface area contributed by atoms with E-state index in [9.17, 15) is 4.79 Å². The van der Waals surface area contributed by atoms with Crippen molar-refractivity contribution in [1.29, 1.82) is 0 Å². The Morgan fingerprint density at radius 3 is 2.67 bits per heavy atom. The first-order valence-electron chi connectivity index (χ1n) is 4.58. The van der Waals surface area contributed by atoms with E-state index in [1.807, 2.05) is 19.6 Å². The summed E-state index contributed by atoms with van der Waals surface area (Å²) in [7, 11) is -1.86. The third kappa shape index (κ3) is 2.71. The molecular weight excluding hydrogens is 210 g/mol. The van der Waals surface area contributed by atoms with Crippen molar-refractivity contribution in [1.82, 2.24) is 0 Å². The predicted molar refractivity (Wildman–Crippen MR) is 59.3 cm³/mol. The Hall–Kier alpha value is -1.52. The number of Topliss-reactive ketones (excluding diaryl/α,β-unsaturated/α-hetero) is 1.